The van der Waals surface area contributed by atoms with Crippen molar-refractivity contribution >= 4 is 15.9 Å². The average molecular weight is 313 g/mol. The molecule has 1 saturated carbocycles. The second kappa shape index (κ2) is 4.97. The van der Waals surface area contributed by atoms with Crippen molar-refractivity contribution in [1.82, 2.24) is 9.55 Å². The van der Waals surface area contributed by atoms with Gasteiger partial charge in [0.1, 0.15) is 5.82 Å². The standard InChI is InChI=1S/C14H21BrN2O/c1-17-8-7-16-12(17)4-5-14(10-15)6-9-18-13(14)11-2-3-11/h7-8,11,13H,2-6,9-10H2,1H3. The van der Waals surface area contributed by atoms with E-state index in [2.05, 4.69) is 32.5 Å². The van der Waals surface area contributed by atoms with Crippen molar-refractivity contribution in [3.8, 4) is 0 Å². The second-order valence-corrected chi connectivity index (χ2v) is 6.39. The first-order valence-electron chi connectivity index (χ1n) is 6.89. The van der Waals surface area contributed by atoms with Gasteiger partial charge in [-0.3, -0.25) is 0 Å². The summed E-state index contributed by atoms with van der Waals surface area (Å²) in [6, 6.07) is 0. The van der Waals surface area contributed by atoms with E-state index in [0.29, 0.717) is 11.5 Å². The van der Waals surface area contributed by atoms with E-state index >= 15 is 0 Å². The maximum atomic E-state index is 6.03. The number of halogens is 1. The minimum Gasteiger partial charge on any atom is -0.377 e. The van der Waals surface area contributed by atoms with Gasteiger partial charge in [-0.15, -0.1) is 0 Å². The molecule has 2 unspecified atom stereocenters. The van der Waals surface area contributed by atoms with Gasteiger partial charge in [-0.05, 0) is 31.6 Å². The van der Waals surface area contributed by atoms with Gasteiger partial charge in [0.15, 0.2) is 0 Å². The number of alkyl halides is 1. The SMILES string of the molecule is Cn1ccnc1CCC1(CBr)CCOC1C1CC1. The highest BCUT2D eigenvalue weighted by Gasteiger charge is 2.49. The van der Waals surface area contributed by atoms with Crippen molar-refractivity contribution in [1.29, 1.82) is 0 Å². The van der Waals surface area contributed by atoms with E-state index in [0.717, 1.165) is 24.3 Å². The lowest BCUT2D eigenvalue weighted by atomic mass is 9.77. The molecule has 3 rings (SSSR count). The monoisotopic (exact) mass is 312 g/mol. The first-order chi connectivity index (χ1) is 8.75. The van der Waals surface area contributed by atoms with Gasteiger partial charge < -0.3 is 9.30 Å². The molecule has 18 heavy (non-hydrogen) atoms. The summed E-state index contributed by atoms with van der Waals surface area (Å²) in [5.74, 6) is 2.02. The average Bonchev–Trinajstić information content (AvgIpc) is 3.01. The molecule has 0 N–H and O–H groups in total. The van der Waals surface area contributed by atoms with Crippen LogP contribution in [0, 0.1) is 11.3 Å². The molecule has 0 radical (unpaired) electrons. The molecule has 2 heterocycles. The molecule has 100 valence electrons. The van der Waals surface area contributed by atoms with Crippen molar-refractivity contribution in [3.05, 3.63) is 18.2 Å². The molecule has 3 nitrogen and oxygen atoms in total. The maximum absolute atomic E-state index is 6.03. The fourth-order valence-electron chi connectivity index (χ4n) is 3.22. The van der Waals surface area contributed by atoms with Crippen LogP contribution in [0.1, 0.15) is 31.5 Å². The molecule has 0 spiro atoms. The summed E-state index contributed by atoms with van der Waals surface area (Å²) >= 11 is 3.75. The van der Waals surface area contributed by atoms with Crippen LogP contribution in [0.3, 0.4) is 0 Å². The van der Waals surface area contributed by atoms with Crippen molar-refractivity contribution in [2.24, 2.45) is 18.4 Å². The smallest absolute Gasteiger partial charge is 0.108 e. The van der Waals surface area contributed by atoms with Gasteiger partial charge in [0.05, 0.1) is 6.10 Å². The number of ether oxygens (including phenoxy) is 1. The fraction of sp³-hybridized carbons (Fsp3) is 0.786. The topological polar surface area (TPSA) is 27.1 Å². The van der Waals surface area contributed by atoms with E-state index in [-0.39, 0.29) is 0 Å². The molecule has 0 amide bonds. The molecule has 1 aliphatic heterocycles. The third kappa shape index (κ3) is 2.25. The number of aryl methyl sites for hydroxylation is 2. The minimum absolute atomic E-state index is 0.340. The summed E-state index contributed by atoms with van der Waals surface area (Å²) < 4.78 is 8.16. The summed E-state index contributed by atoms with van der Waals surface area (Å²) in [5.41, 5.74) is 0.340. The number of rotatable bonds is 5. The Morgan fingerprint density at radius 3 is 3.00 bits per heavy atom. The summed E-state index contributed by atoms with van der Waals surface area (Å²) in [4.78, 5) is 4.43. The van der Waals surface area contributed by atoms with Crippen molar-refractivity contribution in [2.75, 3.05) is 11.9 Å². The lowest BCUT2D eigenvalue weighted by molar-refractivity contribution is 0.0375. The summed E-state index contributed by atoms with van der Waals surface area (Å²) in [6.45, 7) is 0.938. The van der Waals surface area contributed by atoms with Crippen LogP contribution in [0.25, 0.3) is 0 Å². The number of imidazole rings is 1. The van der Waals surface area contributed by atoms with Gasteiger partial charge in [-0.1, -0.05) is 15.9 Å². The summed E-state index contributed by atoms with van der Waals surface area (Å²) in [6.07, 6.45) is 10.6. The summed E-state index contributed by atoms with van der Waals surface area (Å²) in [7, 11) is 2.08. The Morgan fingerprint density at radius 2 is 2.39 bits per heavy atom. The third-order valence-electron chi connectivity index (χ3n) is 4.58. The van der Waals surface area contributed by atoms with Gasteiger partial charge in [-0.25, -0.2) is 4.98 Å². The Balaban J connectivity index is 1.69. The van der Waals surface area contributed by atoms with Crippen LogP contribution in [0.5, 0.6) is 0 Å². The first kappa shape index (κ1) is 12.7. The predicted octanol–water partition coefficient (Wildman–Crippen LogP) is 2.93. The Labute approximate surface area is 117 Å². The van der Waals surface area contributed by atoms with Gasteiger partial charge in [0.2, 0.25) is 0 Å². The summed E-state index contributed by atoms with van der Waals surface area (Å²) in [5, 5.41) is 1.06. The van der Waals surface area contributed by atoms with Crippen LogP contribution >= 0.6 is 15.9 Å². The number of aromatic nitrogens is 2. The highest BCUT2D eigenvalue weighted by Crippen LogP contribution is 2.50. The lowest BCUT2D eigenvalue weighted by Crippen LogP contribution is -2.35. The molecule has 1 saturated heterocycles. The Bertz CT molecular complexity index is 416. The lowest BCUT2D eigenvalue weighted by Gasteiger charge is -2.32. The molecule has 1 aromatic heterocycles. The van der Waals surface area contributed by atoms with Crippen molar-refractivity contribution < 1.29 is 4.74 Å². The zero-order valence-electron chi connectivity index (χ0n) is 10.9. The van der Waals surface area contributed by atoms with Crippen LogP contribution < -0.4 is 0 Å². The number of hydrogen-bond acceptors (Lipinski definition) is 2. The van der Waals surface area contributed by atoms with Crippen LogP contribution in [0.15, 0.2) is 12.4 Å². The highest BCUT2D eigenvalue weighted by atomic mass is 79.9. The molecule has 1 aromatic rings. The Hall–Kier alpha value is -0.350. The second-order valence-electron chi connectivity index (χ2n) is 5.83. The van der Waals surface area contributed by atoms with Gasteiger partial charge in [-0.2, -0.15) is 0 Å². The van der Waals surface area contributed by atoms with E-state index in [1.807, 2.05) is 12.4 Å². The molecule has 2 fully saturated rings. The maximum Gasteiger partial charge on any atom is 0.108 e. The molecule has 2 atom stereocenters. The highest BCUT2D eigenvalue weighted by molar-refractivity contribution is 9.09. The Kier molecular flexibility index (Phi) is 3.50. The largest absolute Gasteiger partial charge is 0.377 e. The molecule has 1 aliphatic carbocycles. The third-order valence-corrected chi connectivity index (χ3v) is 5.70. The first-order valence-corrected chi connectivity index (χ1v) is 8.01. The Morgan fingerprint density at radius 1 is 1.56 bits per heavy atom. The quantitative estimate of drug-likeness (QED) is 0.782. The van der Waals surface area contributed by atoms with Crippen LogP contribution in [-0.4, -0.2) is 27.6 Å². The van der Waals surface area contributed by atoms with E-state index in [1.165, 1.54) is 31.5 Å². The normalized spacial score (nSPS) is 32.0. The van der Waals surface area contributed by atoms with Gasteiger partial charge in [0.25, 0.3) is 0 Å². The fourth-order valence-corrected chi connectivity index (χ4v) is 4.10. The molecule has 0 bridgehead atoms. The van der Waals surface area contributed by atoms with Crippen LogP contribution in [-0.2, 0) is 18.2 Å². The van der Waals surface area contributed by atoms with E-state index in [1.54, 1.807) is 0 Å². The van der Waals surface area contributed by atoms with Crippen molar-refractivity contribution in [3.63, 3.8) is 0 Å². The van der Waals surface area contributed by atoms with E-state index in [9.17, 15) is 0 Å². The molecular weight excluding hydrogens is 292 g/mol. The molecule has 4 heteroatoms. The van der Waals surface area contributed by atoms with Crippen molar-refractivity contribution in [2.45, 2.75) is 38.2 Å². The van der Waals surface area contributed by atoms with Gasteiger partial charge >= 0.3 is 0 Å². The molecule has 0 aromatic carbocycles. The minimum atomic E-state index is 0.340. The number of hydrogen-bond donors (Lipinski definition) is 0. The van der Waals surface area contributed by atoms with Gasteiger partial charge in [0, 0.05) is 43.2 Å². The van der Waals surface area contributed by atoms with Crippen LogP contribution in [0.4, 0.5) is 0 Å². The van der Waals surface area contributed by atoms with Crippen LogP contribution in [0.2, 0.25) is 0 Å². The van der Waals surface area contributed by atoms with E-state index in [4.69, 9.17) is 4.74 Å². The zero-order chi connectivity index (χ0) is 12.6. The predicted molar refractivity (Wildman–Crippen MR) is 74.8 cm³/mol. The zero-order valence-corrected chi connectivity index (χ0v) is 12.5. The molecule has 2 aliphatic rings. The molecular formula is C14H21BrN2O. The number of nitrogens with zero attached hydrogens (tertiary/aromatic N) is 2. The van der Waals surface area contributed by atoms with E-state index < -0.39 is 0 Å².